The maximum absolute atomic E-state index is 12.0. The smallest absolute Gasteiger partial charge is 0.367 e. The van der Waals surface area contributed by atoms with E-state index in [2.05, 4.69) is 9.68 Å². The first kappa shape index (κ1) is 7.90. The second kappa shape index (κ2) is 2.14. The highest BCUT2D eigenvalue weighted by Gasteiger charge is 2.38. The van der Waals surface area contributed by atoms with E-state index in [0.29, 0.717) is 0 Å². The molecular weight excluding hydrogens is 161 g/mol. The Morgan fingerprint density at radius 2 is 2.00 bits per heavy atom. The lowest BCUT2D eigenvalue weighted by Crippen LogP contribution is -2.08. The molecule has 0 saturated heterocycles. The van der Waals surface area contributed by atoms with Gasteiger partial charge in [0.2, 0.25) is 5.88 Å². The Kier molecular flexibility index (Phi) is 1.54. The first-order valence-electron chi connectivity index (χ1n) is 2.72. The van der Waals surface area contributed by atoms with Crippen molar-refractivity contribution in [1.82, 2.24) is 5.16 Å². The Morgan fingerprint density at radius 1 is 1.45 bits per heavy atom. The fourth-order valence-electron chi connectivity index (χ4n) is 0.732. The van der Waals surface area contributed by atoms with E-state index in [1.165, 1.54) is 6.92 Å². The van der Waals surface area contributed by atoms with Gasteiger partial charge in [-0.3, -0.25) is 0 Å². The van der Waals surface area contributed by atoms with Crippen LogP contribution in [0.15, 0.2) is 4.52 Å². The number of halogens is 3. The van der Waals surface area contributed by atoms with Gasteiger partial charge in [-0.05, 0) is 6.92 Å². The first-order valence-corrected chi connectivity index (χ1v) is 2.72. The van der Waals surface area contributed by atoms with Crippen molar-refractivity contribution in [2.45, 2.75) is 13.1 Å². The SMILES string of the molecule is Cc1noc(N)c1C(F)(F)F. The number of alkyl halides is 3. The Labute approximate surface area is 60.0 Å². The minimum Gasteiger partial charge on any atom is -0.367 e. The highest BCUT2D eigenvalue weighted by atomic mass is 19.4. The van der Waals surface area contributed by atoms with Crippen molar-refractivity contribution in [2.75, 3.05) is 5.73 Å². The van der Waals surface area contributed by atoms with Crippen LogP contribution >= 0.6 is 0 Å². The number of hydrogen-bond donors (Lipinski definition) is 1. The molecule has 0 aliphatic carbocycles. The fraction of sp³-hybridized carbons (Fsp3) is 0.400. The van der Waals surface area contributed by atoms with E-state index < -0.39 is 17.6 Å². The molecule has 0 unspecified atom stereocenters. The molecule has 6 heteroatoms. The van der Waals surface area contributed by atoms with Crippen molar-refractivity contribution in [2.24, 2.45) is 0 Å². The van der Waals surface area contributed by atoms with Gasteiger partial charge in [0.15, 0.2) is 0 Å². The summed E-state index contributed by atoms with van der Waals surface area (Å²) in [6, 6.07) is 0. The maximum atomic E-state index is 12.0. The number of aryl methyl sites for hydroxylation is 1. The minimum atomic E-state index is -4.48. The highest BCUT2D eigenvalue weighted by molar-refractivity contribution is 5.40. The molecule has 0 fully saturated rings. The van der Waals surface area contributed by atoms with Gasteiger partial charge in [0.05, 0.1) is 5.69 Å². The lowest BCUT2D eigenvalue weighted by Gasteiger charge is -2.02. The lowest BCUT2D eigenvalue weighted by atomic mass is 10.2. The monoisotopic (exact) mass is 166 g/mol. The van der Waals surface area contributed by atoms with Crippen molar-refractivity contribution in [3.63, 3.8) is 0 Å². The zero-order chi connectivity index (χ0) is 8.65. The summed E-state index contributed by atoms with van der Waals surface area (Å²) in [6.45, 7) is 1.18. The van der Waals surface area contributed by atoms with Crippen LogP contribution in [0, 0.1) is 6.92 Å². The van der Waals surface area contributed by atoms with Gasteiger partial charge in [0.1, 0.15) is 5.56 Å². The molecule has 0 aromatic carbocycles. The van der Waals surface area contributed by atoms with Gasteiger partial charge in [-0.25, -0.2) is 0 Å². The Morgan fingerprint density at radius 3 is 2.18 bits per heavy atom. The highest BCUT2D eigenvalue weighted by Crippen LogP contribution is 2.35. The number of nitrogens with two attached hydrogens (primary N) is 1. The van der Waals surface area contributed by atoms with Gasteiger partial charge >= 0.3 is 6.18 Å². The Bertz CT molecular complexity index is 246. The molecule has 0 atom stereocenters. The van der Waals surface area contributed by atoms with E-state index in [-0.39, 0.29) is 5.69 Å². The third-order valence-corrected chi connectivity index (χ3v) is 1.17. The molecule has 0 aliphatic heterocycles. The second-order valence-corrected chi connectivity index (χ2v) is 2.00. The molecule has 3 nitrogen and oxygen atoms in total. The van der Waals surface area contributed by atoms with Gasteiger partial charge in [0.25, 0.3) is 0 Å². The summed E-state index contributed by atoms with van der Waals surface area (Å²) in [4.78, 5) is 0. The van der Waals surface area contributed by atoms with Crippen LogP contribution in [0.3, 0.4) is 0 Å². The summed E-state index contributed by atoms with van der Waals surface area (Å²) in [6.07, 6.45) is -4.48. The molecule has 2 N–H and O–H groups in total. The Hall–Kier alpha value is -1.20. The summed E-state index contributed by atoms with van der Waals surface area (Å²) in [5.74, 6) is -0.685. The third-order valence-electron chi connectivity index (χ3n) is 1.17. The first-order chi connectivity index (χ1) is 4.93. The van der Waals surface area contributed by atoms with Gasteiger partial charge < -0.3 is 10.3 Å². The van der Waals surface area contributed by atoms with Crippen LogP contribution in [-0.2, 0) is 6.18 Å². The molecule has 11 heavy (non-hydrogen) atoms. The number of hydrogen-bond acceptors (Lipinski definition) is 3. The standard InChI is InChI=1S/C5H5F3N2O/c1-2-3(5(6,7)8)4(9)11-10-2/h9H2,1H3. The Balaban J connectivity index is 3.21. The molecule has 1 aromatic heterocycles. The van der Waals surface area contributed by atoms with Crippen molar-refractivity contribution in [1.29, 1.82) is 0 Å². The quantitative estimate of drug-likeness (QED) is 0.636. The van der Waals surface area contributed by atoms with Crippen LogP contribution in [0.4, 0.5) is 19.1 Å². The second-order valence-electron chi connectivity index (χ2n) is 2.00. The summed E-state index contributed by atoms with van der Waals surface area (Å²) >= 11 is 0. The van der Waals surface area contributed by atoms with E-state index in [1.807, 2.05) is 0 Å². The van der Waals surface area contributed by atoms with E-state index >= 15 is 0 Å². The summed E-state index contributed by atoms with van der Waals surface area (Å²) in [5, 5.41) is 3.06. The van der Waals surface area contributed by atoms with Gasteiger partial charge in [-0.2, -0.15) is 13.2 Å². The summed E-state index contributed by atoms with van der Waals surface area (Å²) < 4.78 is 40.0. The van der Waals surface area contributed by atoms with Crippen molar-refractivity contribution in [3.8, 4) is 0 Å². The topological polar surface area (TPSA) is 52.0 Å². The van der Waals surface area contributed by atoms with E-state index in [9.17, 15) is 13.2 Å². The lowest BCUT2D eigenvalue weighted by molar-refractivity contribution is -0.137. The van der Waals surface area contributed by atoms with E-state index in [0.717, 1.165) is 0 Å². The molecule has 1 rings (SSSR count). The summed E-state index contributed by atoms with van der Waals surface area (Å²) in [7, 11) is 0. The van der Waals surface area contributed by atoms with Gasteiger partial charge in [0, 0.05) is 0 Å². The molecule has 1 aromatic rings. The molecule has 0 bridgehead atoms. The number of nitrogens with zero attached hydrogens (tertiary/aromatic N) is 1. The number of aromatic nitrogens is 1. The predicted octanol–water partition coefficient (Wildman–Crippen LogP) is 1.58. The predicted molar refractivity (Wildman–Crippen MR) is 30.7 cm³/mol. The van der Waals surface area contributed by atoms with Crippen LogP contribution in [0.1, 0.15) is 11.3 Å². The molecule has 62 valence electrons. The van der Waals surface area contributed by atoms with Crippen LogP contribution in [-0.4, -0.2) is 5.16 Å². The zero-order valence-electron chi connectivity index (χ0n) is 5.57. The van der Waals surface area contributed by atoms with Gasteiger partial charge in [-0.15, -0.1) is 0 Å². The van der Waals surface area contributed by atoms with Crippen LogP contribution in [0.5, 0.6) is 0 Å². The minimum absolute atomic E-state index is 0.241. The normalized spacial score (nSPS) is 12.0. The van der Waals surface area contributed by atoms with Crippen LogP contribution in [0.25, 0.3) is 0 Å². The van der Waals surface area contributed by atoms with Crippen molar-refractivity contribution in [3.05, 3.63) is 11.3 Å². The zero-order valence-corrected chi connectivity index (χ0v) is 5.57. The number of anilines is 1. The van der Waals surface area contributed by atoms with E-state index in [1.54, 1.807) is 0 Å². The van der Waals surface area contributed by atoms with Crippen LogP contribution in [0.2, 0.25) is 0 Å². The molecule has 0 saturated carbocycles. The maximum Gasteiger partial charge on any atom is 0.423 e. The fourth-order valence-corrected chi connectivity index (χ4v) is 0.732. The van der Waals surface area contributed by atoms with Crippen molar-refractivity contribution >= 4 is 5.88 Å². The number of rotatable bonds is 0. The number of nitrogen functional groups attached to an aromatic ring is 1. The molecule has 0 spiro atoms. The molecule has 0 amide bonds. The van der Waals surface area contributed by atoms with E-state index in [4.69, 9.17) is 5.73 Å². The molecular formula is C5H5F3N2O. The average molecular weight is 166 g/mol. The third kappa shape index (κ3) is 1.28. The molecule has 1 heterocycles. The van der Waals surface area contributed by atoms with Gasteiger partial charge in [-0.1, -0.05) is 5.16 Å². The van der Waals surface area contributed by atoms with Crippen molar-refractivity contribution < 1.29 is 17.7 Å². The molecule has 0 aliphatic rings. The van der Waals surface area contributed by atoms with Crippen LogP contribution < -0.4 is 5.73 Å². The largest absolute Gasteiger partial charge is 0.423 e. The summed E-state index contributed by atoms with van der Waals surface area (Å²) in [5.41, 5.74) is 3.65. The molecule has 0 radical (unpaired) electrons. The average Bonchev–Trinajstić information content (AvgIpc) is 2.08.